The van der Waals surface area contributed by atoms with Crippen LogP contribution in [0.3, 0.4) is 0 Å². The molecular weight excluding hydrogens is 262 g/mol. The van der Waals surface area contributed by atoms with Crippen LogP contribution < -0.4 is 0 Å². The van der Waals surface area contributed by atoms with Crippen LogP contribution in [0.4, 0.5) is 0 Å². The lowest BCUT2D eigenvalue weighted by molar-refractivity contribution is -0.128. The summed E-state index contributed by atoms with van der Waals surface area (Å²) in [5.41, 5.74) is 1.96. The van der Waals surface area contributed by atoms with Crippen molar-refractivity contribution in [2.75, 3.05) is 5.75 Å². The fraction of sp³-hybridized carbons (Fsp3) is 0.250. The molecule has 0 radical (unpaired) electrons. The van der Waals surface area contributed by atoms with Crippen LogP contribution in [0.2, 0.25) is 0 Å². The third-order valence-corrected chi connectivity index (χ3v) is 3.66. The number of hydrogen-bond donors (Lipinski definition) is 0. The Kier molecular flexibility index (Phi) is 3.37. The molecule has 0 N–H and O–H groups in total. The Morgan fingerprint density at radius 3 is 2.89 bits per heavy atom. The summed E-state index contributed by atoms with van der Waals surface area (Å²) in [5, 5.41) is 0.618. The second kappa shape index (κ2) is 5.31. The maximum absolute atomic E-state index is 12.1. The van der Waals surface area contributed by atoms with Crippen LogP contribution in [0.25, 0.3) is 0 Å². The number of aromatic nitrogens is 4. The van der Waals surface area contributed by atoms with E-state index in [-0.39, 0.29) is 5.91 Å². The van der Waals surface area contributed by atoms with E-state index in [9.17, 15) is 4.79 Å². The molecule has 1 aliphatic heterocycles. The summed E-state index contributed by atoms with van der Waals surface area (Å²) < 4.78 is 0. The molecule has 2 aromatic rings. The van der Waals surface area contributed by atoms with Gasteiger partial charge in [-0.2, -0.15) is 0 Å². The first-order valence-corrected chi connectivity index (χ1v) is 6.77. The molecule has 3 rings (SSSR count). The fourth-order valence-corrected chi connectivity index (χ4v) is 2.56. The number of thioether (sulfide) groups is 1. The van der Waals surface area contributed by atoms with Gasteiger partial charge in [0.2, 0.25) is 5.91 Å². The van der Waals surface area contributed by atoms with Crippen molar-refractivity contribution in [1.82, 2.24) is 24.8 Å². The zero-order valence-electron chi connectivity index (χ0n) is 10.1. The van der Waals surface area contributed by atoms with Crippen LogP contribution in [-0.4, -0.2) is 36.5 Å². The Balaban J connectivity index is 1.58. The topological polar surface area (TPSA) is 71.9 Å². The molecule has 0 bridgehead atoms. The van der Waals surface area contributed by atoms with Gasteiger partial charge in [0.1, 0.15) is 6.33 Å². The van der Waals surface area contributed by atoms with Crippen molar-refractivity contribution >= 4 is 17.7 Å². The minimum atomic E-state index is 0.0652. The van der Waals surface area contributed by atoms with Crippen molar-refractivity contribution in [3.05, 3.63) is 42.2 Å². The van der Waals surface area contributed by atoms with E-state index in [1.54, 1.807) is 29.6 Å². The molecule has 0 spiro atoms. The van der Waals surface area contributed by atoms with E-state index in [0.29, 0.717) is 24.0 Å². The van der Waals surface area contributed by atoms with Gasteiger partial charge in [0.05, 0.1) is 18.0 Å². The summed E-state index contributed by atoms with van der Waals surface area (Å²) in [4.78, 5) is 30.2. The minimum absolute atomic E-state index is 0.0652. The average molecular weight is 273 g/mol. The van der Waals surface area contributed by atoms with Crippen LogP contribution in [0, 0.1) is 0 Å². The predicted octanol–water partition coefficient (Wildman–Crippen LogP) is 0.901. The van der Waals surface area contributed by atoms with Crippen LogP contribution in [0.5, 0.6) is 0 Å². The molecule has 0 aromatic carbocycles. The van der Waals surface area contributed by atoms with Crippen molar-refractivity contribution in [2.24, 2.45) is 0 Å². The van der Waals surface area contributed by atoms with Gasteiger partial charge in [-0.15, -0.1) is 0 Å². The van der Waals surface area contributed by atoms with Gasteiger partial charge in [0.15, 0.2) is 5.16 Å². The highest BCUT2D eigenvalue weighted by atomic mass is 32.2. The Bertz CT molecular complexity index is 567. The second-order valence-electron chi connectivity index (χ2n) is 4.06. The number of nitrogens with zero attached hydrogens (tertiary/aromatic N) is 5. The molecule has 3 heterocycles. The smallest absolute Gasteiger partial charge is 0.233 e. The van der Waals surface area contributed by atoms with Crippen molar-refractivity contribution in [2.45, 2.75) is 18.2 Å². The van der Waals surface area contributed by atoms with Gasteiger partial charge in [0, 0.05) is 30.7 Å². The number of rotatable bonds is 3. The molecule has 0 atom stereocenters. The van der Waals surface area contributed by atoms with Crippen molar-refractivity contribution in [3.63, 3.8) is 0 Å². The highest BCUT2D eigenvalue weighted by Crippen LogP contribution is 2.21. The second-order valence-corrected chi connectivity index (χ2v) is 5.01. The molecule has 19 heavy (non-hydrogen) atoms. The molecular formula is C12H11N5OS. The molecule has 96 valence electrons. The molecule has 0 fully saturated rings. The first kappa shape index (κ1) is 12.0. The summed E-state index contributed by atoms with van der Waals surface area (Å²) >= 11 is 1.34. The molecule has 0 saturated heterocycles. The van der Waals surface area contributed by atoms with Crippen molar-refractivity contribution in [1.29, 1.82) is 0 Å². The van der Waals surface area contributed by atoms with Gasteiger partial charge in [-0.1, -0.05) is 11.8 Å². The first-order chi connectivity index (χ1) is 9.33. The maximum atomic E-state index is 12.1. The van der Waals surface area contributed by atoms with Gasteiger partial charge in [-0.25, -0.2) is 19.9 Å². The summed E-state index contributed by atoms with van der Waals surface area (Å²) in [6.07, 6.45) is 6.62. The normalized spacial score (nSPS) is 13.4. The van der Waals surface area contributed by atoms with E-state index in [2.05, 4.69) is 19.9 Å². The van der Waals surface area contributed by atoms with E-state index in [1.165, 1.54) is 18.1 Å². The lowest BCUT2D eigenvalue weighted by Gasteiger charge is -2.14. The monoisotopic (exact) mass is 273 g/mol. The maximum Gasteiger partial charge on any atom is 0.233 e. The van der Waals surface area contributed by atoms with E-state index < -0.39 is 0 Å². The van der Waals surface area contributed by atoms with Gasteiger partial charge in [-0.3, -0.25) is 4.79 Å². The van der Waals surface area contributed by atoms with Crippen LogP contribution in [0.1, 0.15) is 11.3 Å². The fourth-order valence-electron chi connectivity index (χ4n) is 1.85. The number of amides is 1. The molecule has 7 heteroatoms. The number of fused-ring (bicyclic) bond motifs is 1. The lowest BCUT2D eigenvalue weighted by atomic mass is 10.3. The standard InChI is InChI=1S/C12H11N5OS/c18-11(7-19-12-14-2-1-3-15-12)17-5-9-4-13-8-16-10(9)6-17/h1-4,8H,5-7H2. The molecule has 0 aliphatic carbocycles. The average Bonchev–Trinajstić information content (AvgIpc) is 2.90. The van der Waals surface area contributed by atoms with Crippen molar-refractivity contribution in [3.8, 4) is 0 Å². The predicted molar refractivity (Wildman–Crippen MR) is 69.0 cm³/mol. The minimum Gasteiger partial charge on any atom is -0.332 e. The summed E-state index contributed by atoms with van der Waals surface area (Å²) in [6.45, 7) is 1.15. The summed E-state index contributed by atoms with van der Waals surface area (Å²) in [7, 11) is 0. The summed E-state index contributed by atoms with van der Waals surface area (Å²) in [6, 6.07) is 1.75. The Morgan fingerprint density at radius 2 is 2.11 bits per heavy atom. The zero-order chi connectivity index (χ0) is 13.1. The highest BCUT2D eigenvalue weighted by molar-refractivity contribution is 7.99. The summed E-state index contributed by atoms with van der Waals surface area (Å²) in [5.74, 6) is 0.404. The van der Waals surface area contributed by atoms with E-state index in [0.717, 1.165) is 11.3 Å². The molecule has 2 aromatic heterocycles. The molecule has 0 saturated carbocycles. The number of carbonyl (C=O) groups is 1. The van der Waals surface area contributed by atoms with Gasteiger partial charge in [-0.05, 0) is 6.07 Å². The van der Waals surface area contributed by atoms with Gasteiger partial charge in [0.25, 0.3) is 0 Å². The van der Waals surface area contributed by atoms with Crippen LogP contribution in [-0.2, 0) is 17.9 Å². The van der Waals surface area contributed by atoms with Crippen LogP contribution >= 0.6 is 11.8 Å². The third-order valence-electron chi connectivity index (χ3n) is 2.80. The quantitative estimate of drug-likeness (QED) is 0.611. The van der Waals surface area contributed by atoms with E-state index >= 15 is 0 Å². The lowest BCUT2D eigenvalue weighted by Crippen LogP contribution is -2.27. The SMILES string of the molecule is O=C(CSc1ncccn1)N1Cc2cncnc2C1. The molecule has 6 nitrogen and oxygen atoms in total. The van der Waals surface area contributed by atoms with E-state index in [1.807, 2.05) is 0 Å². The Labute approximate surface area is 114 Å². The Morgan fingerprint density at radius 1 is 1.26 bits per heavy atom. The Hall–Kier alpha value is -2.02. The highest BCUT2D eigenvalue weighted by Gasteiger charge is 2.24. The zero-order valence-corrected chi connectivity index (χ0v) is 10.9. The first-order valence-electron chi connectivity index (χ1n) is 5.78. The molecule has 1 aliphatic rings. The van der Waals surface area contributed by atoms with E-state index in [4.69, 9.17) is 0 Å². The number of hydrogen-bond acceptors (Lipinski definition) is 6. The van der Waals surface area contributed by atoms with Crippen LogP contribution in [0.15, 0.2) is 36.1 Å². The largest absolute Gasteiger partial charge is 0.332 e. The van der Waals surface area contributed by atoms with Gasteiger partial charge >= 0.3 is 0 Å². The molecule has 0 unspecified atom stereocenters. The molecule has 1 amide bonds. The third kappa shape index (κ3) is 2.70. The van der Waals surface area contributed by atoms with Crippen molar-refractivity contribution < 1.29 is 4.79 Å². The number of carbonyl (C=O) groups excluding carboxylic acids is 1. The van der Waals surface area contributed by atoms with Gasteiger partial charge < -0.3 is 4.90 Å².